The van der Waals surface area contributed by atoms with E-state index >= 15 is 0 Å². The smallest absolute Gasteiger partial charge is 0.317 e. The summed E-state index contributed by atoms with van der Waals surface area (Å²) >= 11 is 0. The number of nitrogens with one attached hydrogen (secondary N) is 1. The van der Waals surface area contributed by atoms with Crippen LogP contribution in [0.25, 0.3) is 0 Å². The van der Waals surface area contributed by atoms with Crippen LogP contribution < -0.4 is 15.2 Å². The van der Waals surface area contributed by atoms with Gasteiger partial charge >= 0.3 is 6.01 Å². The largest absolute Gasteiger partial charge is 0.460 e. The number of hydrogen-bond donors (Lipinski definition) is 2. The Kier molecular flexibility index (Phi) is 5.87. The molecule has 10 nitrogen and oxygen atoms in total. The van der Waals surface area contributed by atoms with Gasteiger partial charge < -0.3 is 10.1 Å². The van der Waals surface area contributed by atoms with Crippen LogP contribution in [0.1, 0.15) is 51.5 Å². The molecule has 3 aromatic rings. The van der Waals surface area contributed by atoms with Gasteiger partial charge in [-0.1, -0.05) is 5.10 Å². The van der Waals surface area contributed by atoms with Crippen LogP contribution in [0.2, 0.25) is 0 Å². The van der Waals surface area contributed by atoms with E-state index in [1.807, 2.05) is 17.0 Å². The molecule has 0 unspecified atom stereocenters. The molecule has 1 aliphatic carbocycles. The highest BCUT2D eigenvalue weighted by Gasteiger charge is 2.30. The summed E-state index contributed by atoms with van der Waals surface area (Å²) in [4.78, 5) is 8.86. The van der Waals surface area contributed by atoms with Crippen molar-refractivity contribution in [2.75, 3.05) is 5.32 Å². The lowest BCUT2D eigenvalue weighted by Crippen LogP contribution is -2.24. The fourth-order valence-electron chi connectivity index (χ4n) is 3.73. The molecule has 11 heteroatoms. The maximum atomic E-state index is 11.4. The van der Waals surface area contributed by atoms with E-state index in [4.69, 9.17) is 9.88 Å². The van der Waals surface area contributed by atoms with Crippen molar-refractivity contribution in [3.8, 4) is 6.01 Å². The molecular weight excluding hydrogens is 430 g/mol. The van der Waals surface area contributed by atoms with Crippen LogP contribution in [-0.2, 0) is 15.6 Å². The average molecular weight is 458 g/mol. The van der Waals surface area contributed by atoms with Crippen LogP contribution >= 0.6 is 0 Å². The number of nitrogens with zero attached hydrogens (tertiary/aromatic N) is 5. The molecule has 1 aromatic carbocycles. The minimum absolute atomic E-state index is 0.0538. The minimum Gasteiger partial charge on any atom is -0.460 e. The average Bonchev–Trinajstić information content (AvgIpc) is 3.38. The maximum Gasteiger partial charge on any atom is 0.317 e. The molecular formula is C21H27N7O3S. The van der Waals surface area contributed by atoms with E-state index in [0.717, 1.165) is 24.8 Å². The third kappa shape index (κ3) is 5.05. The lowest BCUT2D eigenvalue weighted by Gasteiger charge is -2.23. The van der Waals surface area contributed by atoms with Crippen molar-refractivity contribution in [3.05, 3.63) is 48.5 Å². The Morgan fingerprint density at radius 1 is 1.12 bits per heavy atom. The number of benzene rings is 1. The molecule has 0 spiro atoms. The molecule has 0 radical (unpaired) electrons. The van der Waals surface area contributed by atoms with E-state index < -0.39 is 10.0 Å². The third-order valence-electron chi connectivity index (χ3n) is 5.48. The lowest BCUT2D eigenvalue weighted by molar-refractivity contribution is 0.168. The Hall–Kier alpha value is -3.05. The topological polar surface area (TPSA) is 138 Å². The number of anilines is 2. The summed E-state index contributed by atoms with van der Waals surface area (Å²) in [7, 11) is -3.72. The summed E-state index contributed by atoms with van der Waals surface area (Å²) in [6, 6.07) is 6.65. The molecule has 0 saturated heterocycles. The third-order valence-corrected chi connectivity index (χ3v) is 6.41. The van der Waals surface area contributed by atoms with Gasteiger partial charge in [-0.15, -0.1) is 5.10 Å². The van der Waals surface area contributed by atoms with Gasteiger partial charge in [0.05, 0.1) is 4.90 Å². The first-order chi connectivity index (χ1) is 15.1. The van der Waals surface area contributed by atoms with Crippen LogP contribution in [0.15, 0.2) is 47.9 Å². The first-order valence-electron chi connectivity index (χ1n) is 10.4. The Bertz CT molecular complexity index is 1170. The zero-order valence-electron chi connectivity index (χ0n) is 18.3. The summed E-state index contributed by atoms with van der Waals surface area (Å²) in [5, 5.41) is 16.3. The molecule has 0 bridgehead atoms. The Balaban J connectivity index is 1.36. The second kappa shape index (κ2) is 8.47. The van der Waals surface area contributed by atoms with Crippen molar-refractivity contribution in [1.29, 1.82) is 0 Å². The van der Waals surface area contributed by atoms with Crippen molar-refractivity contribution in [1.82, 2.24) is 24.7 Å². The fraction of sp³-hybridized carbons (Fsp3) is 0.429. The first kappa shape index (κ1) is 22.2. The molecule has 0 aliphatic heterocycles. The Morgan fingerprint density at radius 2 is 1.81 bits per heavy atom. The summed E-state index contributed by atoms with van der Waals surface area (Å²) in [6.07, 6.45) is 8.18. The number of rotatable bonds is 6. The monoisotopic (exact) mass is 457 g/mol. The standard InChI is InChI=1S/C21H27N7O3S/c1-21(2,3)28-13-25-27-20(28)31-17-7-4-14(10-17)15-11-23-19(24-12-15)26-16-5-8-18(9-6-16)32(22,29)30/h5-6,8-9,11-14,17H,4,7,10H2,1-3H3,(H2,22,29,30)(H,23,24,26)/t14-,17+/m0/s1. The van der Waals surface area contributed by atoms with Crippen molar-refractivity contribution in [2.24, 2.45) is 5.14 Å². The number of hydrogen-bond acceptors (Lipinski definition) is 8. The van der Waals surface area contributed by atoms with Crippen LogP contribution in [-0.4, -0.2) is 39.3 Å². The van der Waals surface area contributed by atoms with Crippen molar-refractivity contribution >= 4 is 21.7 Å². The Morgan fingerprint density at radius 3 is 2.44 bits per heavy atom. The van der Waals surface area contributed by atoms with E-state index in [0.29, 0.717) is 23.6 Å². The predicted molar refractivity (Wildman–Crippen MR) is 119 cm³/mol. The molecule has 1 aliphatic rings. The summed E-state index contributed by atoms with van der Waals surface area (Å²) in [5.41, 5.74) is 1.58. The number of ether oxygens (including phenoxy) is 1. The zero-order valence-corrected chi connectivity index (χ0v) is 19.1. The second-order valence-electron chi connectivity index (χ2n) is 8.94. The van der Waals surface area contributed by atoms with Crippen LogP contribution in [0.3, 0.4) is 0 Å². The van der Waals surface area contributed by atoms with Gasteiger partial charge in [-0.05, 0) is 75.8 Å². The molecule has 170 valence electrons. The summed E-state index contributed by atoms with van der Waals surface area (Å²) in [6.45, 7) is 6.26. The van der Waals surface area contributed by atoms with Crippen molar-refractivity contribution in [2.45, 2.75) is 62.5 Å². The zero-order chi connectivity index (χ0) is 22.9. The summed E-state index contributed by atoms with van der Waals surface area (Å²) in [5.74, 6) is 0.746. The number of aromatic nitrogens is 5. The highest BCUT2D eigenvalue weighted by atomic mass is 32.2. The molecule has 2 aromatic heterocycles. The van der Waals surface area contributed by atoms with Gasteiger partial charge in [0.1, 0.15) is 12.4 Å². The molecule has 0 amide bonds. The van der Waals surface area contributed by atoms with E-state index in [1.165, 1.54) is 12.1 Å². The van der Waals surface area contributed by atoms with Gasteiger partial charge in [0.2, 0.25) is 16.0 Å². The number of primary sulfonamides is 1. The van der Waals surface area contributed by atoms with Crippen LogP contribution in [0, 0.1) is 0 Å². The summed E-state index contributed by atoms with van der Waals surface area (Å²) < 4.78 is 30.8. The van der Waals surface area contributed by atoms with Gasteiger partial charge in [-0.3, -0.25) is 4.57 Å². The van der Waals surface area contributed by atoms with Gasteiger partial charge in [0.15, 0.2) is 0 Å². The predicted octanol–water partition coefficient (Wildman–Crippen LogP) is 2.93. The molecule has 3 N–H and O–H groups in total. The van der Waals surface area contributed by atoms with E-state index in [2.05, 4.69) is 46.3 Å². The molecule has 2 atom stereocenters. The van der Waals surface area contributed by atoms with Crippen LogP contribution in [0.4, 0.5) is 11.6 Å². The number of sulfonamides is 1. The van der Waals surface area contributed by atoms with Gasteiger partial charge in [0.25, 0.3) is 0 Å². The molecule has 2 heterocycles. The molecule has 1 saturated carbocycles. The molecule has 4 rings (SSSR count). The van der Waals surface area contributed by atoms with Crippen molar-refractivity contribution < 1.29 is 13.2 Å². The van der Waals surface area contributed by atoms with E-state index in [-0.39, 0.29) is 16.5 Å². The molecule has 1 fully saturated rings. The van der Waals surface area contributed by atoms with Gasteiger partial charge in [-0.2, -0.15) is 0 Å². The van der Waals surface area contributed by atoms with Gasteiger partial charge in [-0.25, -0.2) is 23.5 Å². The number of nitrogens with two attached hydrogens (primary N) is 1. The highest BCUT2D eigenvalue weighted by Crippen LogP contribution is 2.36. The first-order valence-corrected chi connectivity index (χ1v) is 11.9. The van der Waals surface area contributed by atoms with Crippen LogP contribution in [0.5, 0.6) is 6.01 Å². The van der Waals surface area contributed by atoms with Gasteiger partial charge in [0, 0.05) is 23.6 Å². The fourth-order valence-corrected chi connectivity index (χ4v) is 4.25. The lowest BCUT2D eigenvalue weighted by atomic mass is 10.0. The molecule has 32 heavy (non-hydrogen) atoms. The van der Waals surface area contributed by atoms with E-state index in [9.17, 15) is 8.42 Å². The highest BCUT2D eigenvalue weighted by molar-refractivity contribution is 7.89. The SMILES string of the molecule is CC(C)(C)n1cnnc1O[C@@H]1CC[C@H](c2cnc(Nc3ccc(S(N)(=O)=O)cc3)nc2)C1. The van der Waals surface area contributed by atoms with E-state index in [1.54, 1.807) is 18.5 Å². The van der Waals surface area contributed by atoms with Crippen molar-refractivity contribution in [3.63, 3.8) is 0 Å². The quantitative estimate of drug-likeness (QED) is 0.576. The maximum absolute atomic E-state index is 11.4. The second-order valence-corrected chi connectivity index (χ2v) is 10.5. The minimum atomic E-state index is -3.72. The Labute approximate surface area is 187 Å². The normalized spacial score (nSPS) is 19.1.